The molecule has 8 nitrogen and oxygen atoms in total. The Hall–Kier alpha value is -3.89. The predicted octanol–water partition coefficient (Wildman–Crippen LogP) is 2.58. The van der Waals surface area contributed by atoms with Crippen LogP contribution in [0.4, 0.5) is 24.5 Å². The Labute approximate surface area is 174 Å². The number of nitrogens with one attached hydrogen (secondary N) is 3. The molecule has 0 aliphatic carbocycles. The van der Waals surface area contributed by atoms with Crippen molar-refractivity contribution in [2.45, 2.75) is 13.1 Å². The zero-order valence-corrected chi connectivity index (χ0v) is 16.2. The molecule has 0 spiro atoms. The summed E-state index contributed by atoms with van der Waals surface area (Å²) in [6.07, 6.45) is -4.60. The van der Waals surface area contributed by atoms with E-state index in [-0.39, 0.29) is 12.3 Å². The molecule has 0 fully saturated rings. The first-order valence-electron chi connectivity index (χ1n) is 8.93. The molecule has 0 aromatic heterocycles. The van der Waals surface area contributed by atoms with Crippen molar-refractivity contribution < 1.29 is 37.1 Å². The number of amides is 3. The van der Waals surface area contributed by atoms with Gasteiger partial charge in [0.15, 0.2) is 0 Å². The fraction of sp³-hybridized carbons (Fsp3) is 0.200. The van der Waals surface area contributed by atoms with Gasteiger partial charge in [-0.15, -0.1) is 0 Å². The smallest absolute Gasteiger partial charge is 0.416 e. The number of carbonyl (C=O) groups is 4. The second kappa shape index (κ2) is 10.2. The number of alkyl halides is 3. The number of carbonyl (C=O) groups excluding carboxylic acids is 4. The summed E-state index contributed by atoms with van der Waals surface area (Å²) in [4.78, 5) is 47.1. The van der Waals surface area contributed by atoms with Gasteiger partial charge in [0, 0.05) is 11.4 Å². The summed E-state index contributed by atoms with van der Waals surface area (Å²) in [7, 11) is 0. The van der Waals surface area contributed by atoms with Crippen LogP contribution in [0.5, 0.6) is 0 Å². The number of rotatable bonds is 6. The normalized spacial score (nSPS) is 10.7. The average Bonchev–Trinajstić information content (AvgIpc) is 2.72. The van der Waals surface area contributed by atoms with Crippen LogP contribution in [0, 0.1) is 0 Å². The zero-order chi connectivity index (χ0) is 23.0. The summed E-state index contributed by atoms with van der Waals surface area (Å²) in [5.74, 6) is -3.61. The molecule has 11 heteroatoms. The molecule has 0 atom stereocenters. The van der Waals surface area contributed by atoms with Gasteiger partial charge < -0.3 is 20.7 Å². The molecule has 2 aromatic carbocycles. The van der Waals surface area contributed by atoms with Crippen molar-refractivity contribution in [3.63, 3.8) is 0 Å². The average molecular weight is 437 g/mol. The highest BCUT2D eigenvalue weighted by atomic mass is 19.4. The molecule has 3 amide bonds. The van der Waals surface area contributed by atoms with Gasteiger partial charge in [-0.3, -0.25) is 14.4 Å². The molecule has 0 saturated carbocycles. The van der Waals surface area contributed by atoms with E-state index < -0.39 is 42.0 Å². The molecule has 0 aliphatic heterocycles. The summed E-state index contributed by atoms with van der Waals surface area (Å²) in [5.41, 5.74) is -0.583. The predicted molar refractivity (Wildman–Crippen MR) is 104 cm³/mol. The Bertz CT molecular complexity index is 975. The molecule has 3 N–H and O–H groups in total. The number of hydrogen-bond acceptors (Lipinski definition) is 5. The van der Waals surface area contributed by atoms with Crippen molar-refractivity contribution >= 4 is 35.1 Å². The van der Waals surface area contributed by atoms with E-state index in [2.05, 4.69) is 10.6 Å². The van der Waals surface area contributed by atoms with Gasteiger partial charge in [-0.05, 0) is 49.4 Å². The molecular formula is C20H18F3N3O5. The van der Waals surface area contributed by atoms with Crippen LogP contribution in [0.1, 0.15) is 22.8 Å². The molecule has 0 aliphatic rings. The first-order chi connectivity index (χ1) is 14.6. The van der Waals surface area contributed by atoms with Gasteiger partial charge in [-0.1, -0.05) is 6.07 Å². The molecule has 0 unspecified atom stereocenters. The molecule has 0 saturated heterocycles. The van der Waals surface area contributed by atoms with E-state index in [4.69, 9.17) is 4.74 Å². The largest absolute Gasteiger partial charge is 0.462 e. The second-order valence-corrected chi connectivity index (χ2v) is 6.06. The van der Waals surface area contributed by atoms with Gasteiger partial charge in [0.05, 0.1) is 24.3 Å². The van der Waals surface area contributed by atoms with Crippen LogP contribution in [-0.2, 0) is 25.3 Å². The Balaban J connectivity index is 1.84. The number of anilines is 2. The first kappa shape index (κ1) is 23.4. The summed E-state index contributed by atoms with van der Waals surface area (Å²) in [5, 5.41) is 6.53. The molecule has 2 aromatic rings. The summed E-state index contributed by atoms with van der Waals surface area (Å²) in [6.45, 7) is 1.33. The van der Waals surface area contributed by atoms with Gasteiger partial charge in [-0.2, -0.15) is 13.2 Å². The van der Waals surface area contributed by atoms with E-state index >= 15 is 0 Å². The molecule has 0 radical (unpaired) electrons. The lowest BCUT2D eigenvalue weighted by atomic mass is 10.2. The van der Waals surface area contributed by atoms with E-state index in [1.165, 1.54) is 30.3 Å². The number of esters is 1. The molecule has 31 heavy (non-hydrogen) atoms. The third-order valence-corrected chi connectivity index (χ3v) is 3.74. The van der Waals surface area contributed by atoms with Crippen LogP contribution in [0.15, 0.2) is 48.5 Å². The van der Waals surface area contributed by atoms with Crippen molar-refractivity contribution in [1.29, 1.82) is 0 Å². The summed E-state index contributed by atoms with van der Waals surface area (Å²) in [6, 6.07) is 9.54. The highest BCUT2D eigenvalue weighted by Gasteiger charge is 2.30. The van der Waals surface area contributed by atoms with Crippen LogP contribution in [0.2, 0.25) is 0 Å². The third-order valence-electron chi connectivity index (χ3n) is 3.74. The highest BCUT2D eigenvalue weighted by Crippen LogP contribution is 2.30. The van der Waals surface area contributed by atoms with Gasteiger partial charge in [-0.25, -0.2) is 4.79 Å². The maximum atomic E-state index is 12.7. The lowest BCUT2D eigenvalue weighted by Gasteiger charge is -2.10. The maximum Gasteiger partial charge on any atom is 0.416 e. The summed E-state index contributed by atoms with van der Waals surface area (Å²) < 4.78 is 42.9. The van der Waals surface area contributed by atoms with Crippen molar-refractivity contribution in [3.8, 4) is 0 Å². The van der Waals surface area contributed by atoms with Crippen molar-refractivity contribution in [1.82, 2.24) is 5.32 Å². The van der Waals surface area contributed by atoms with Gasteiger partial charge in [0.1, 0.15) is 0 Å². The van der Waals surface area contributed by atoms with E-state index in [1.807, 2.05) is 5.32 Å². The van der Waals surface area contributed by atoms with Crippen LogP contribution >= 0.6 is 0 Å². The molecule has 0 bridgehead atoms. The van der Waals surface area contributed by atoms with Gasteiger partial charge >= 0.3 is 24.0 Å². The Morgan fingerprint density at radius 1 is 0.903 bits per heavy atom. The SMILES string of the molecule is CCOC(=O)c1ccc(NC(=O)CNC(=O)C(=O)Nc2cccc(C(F)(F)F)c2)cc1. The van der Waals surface area contributed by atoms with E-state index in [1.54, 1.807) is 6.92 Å². The number of hydrogen-bond donors (Lipinski definition) is 3. The molecular weight excluding hydrogens is 419 g/mol. The monoisotopic (exact) mass is 437 g/mol. The fourth-order valence-corrected chi connectivity index (χ4v) is 2.31. The van der Waals surface area contributed by atoms with Crippen molar-refractivity contribution in [3.05, 3.63) is 59.7 Å². The van der Waals surface area contributed by atoms with Gasteiger partial charge in [0.25, 0.3) is 0 Å². The third kappa shape index (κ3) is 7.14. The second-order valence-electron chi connectivity index (χ2n) is 6.06. The lowest BCUT2D eigenvalue weighted by Crippen LogP contribution is -2.39. The lowest BCUT2D eigenvalue weighted by molar-refractivity contribution is -0.137. The number of ether oxygens (including phenoxy) is 1. The molecule has 0 heterocycles. The summed E-state index contributed by atoms with van der Waals surface area (Å²) >= 11 is 0. The van der Waals surface area contributed by atoms with Crippen LogP contribution in [0.25, 0.3) is 0 Å². The van der Waals surface area contributed by atoms with Crippen LogP contribution in [-0.4, -0.2) is 36.8 Å². The van der Waals surface area contributed by atoms with E-state index in [9.17, 15) is 32.3 Å². The standard InChI is InChI=1S/C20H18F3N3O5/c1-2-31-19(30)12-6-8-14(9-7-12)25-16(27)11-24-17(28)18(29)26-15-5-3-4-13(10-15)20(21,22)23/h3-10H,2,11H2,1H3,(H,24,28)(H,25,27)(H,26,29). The van der Waals surface area contributed by atoms with Gasteiger partial charge in [0.2, 0.25) is 5.91 Å². The minimum atomic E-state index is -4.60. The van der Waals surface area contributed by atoms with E-state index in [0.29, 0.717) is 17.3 Å². The number of halogens is 3. The quantitative estimate of drug-likeness (QED) is 0.475. The molecule has 2 rings (SSSR count). The van der Waals surface area contributed by atoms with Crippen LogP contribution in [0.3, 0.4) is 0 Å². The first-order valence-corrected chi connectivity index (χ1v) is 8.93. The zero-order valence-electron chi connectivity index (χ0n) is 16.2. The topological polar surface area (TPSA) is 114 Å². The Kier molecular flexibility index (Phi) is 7.72. The minimum Gasteiger partial charge on any atom is -0.462 e. The Morgan fingerprint density at radius 3 is 2.19 bits per heavy atom. The number of benzene rings is 2. The molecule has 164 valence electrons. The van der Waals surface area contributed by atoms with E-state index in [0.717, 1.165) is 12.1 Å². The van der Waals surface area contributed by atoms with Crippen molar-refractivity contribution in [2.24, 2.45) is 0 Å². The van der Waals surface area contributed by atoms with Crippen LogP contribution < -0.4 is 16.0 Å². The fourth-order valence-electron chi connectivity index (χ4n) is 2.31. The Morgan fingerprint density at radius 2 is 1.58 bits per heavy atom. The minimum absolute atomic E-state index is 0.221. The highest BCUT2D eigenvalue weighted by molar-refractivity contribution is 6.39. The van der Waals surface area contributed by atoms with Crippen molar-refractivity contribution in [2.75, 3.05) is 23.8 Å². The maximum absolute atomic E-state index is 12.7.